The molecule has 2 aromatic rings. The fourth-order valence-electron chi connectivity index (χ4n) is 2.91. The average Bonchev–Trinajstić information content (AvgIpc) is 2.60. The van der Waals surface area contributed by atoms with Crippen molar-refractivity contribution in [2.45, 2.75) is 25.3 Å². The third kappa shape index (κ3) is 4.15. The number of carbonyl (C=O) groups is 1. The van der Waals surface area contributed by atoms with Crippen LogP contribution < -0.4 is 5.32 Å². The smallest absolute Gasteiger partial charge is 0.261 e. The monoisotopic (exact) mass is 342 g/mol. The molecular weight excluding hydrogens is 324 g/mol. The van der Waals surface area contributed by atoms with Crippen LogP contribution in [0.2, 0.25) is 5.02 Å². The van der Waals surface area contributed by atoms with Crippen LogP contribution in [0.25, 0.3) is 0 Å². The number of carbonyl (C=O) groups excluding carboxylic acids is 1. The van der Waals surface area contributed by atoms with Crippen LogP contribution in [-0.2, 0) is 16.1 Å². The van der Waals surface area contributed by atoms with Crippen LogP contribution in [0.3, 0.4) is 0 Å². The lowest BCUT2D eigenvalue weighted by Gasteiger charge is -2.26. The third-order valence-corrected chi connectivity index (χ3v) is 4.42. The molecule has 4 nitrogen and oxygen atoms in total. The van der Waals surface area contributed by atoms with Crippen LogP contribution in [0.4, 0.5) is 0 Å². The van der Waals surface area contributed by atoms with Gasteiger partial charge in [0.25, 0.3) is 5.91 Å². The Labute approximate surface area is 146 Å². The van der Waals surface area contributed by atoms with Gasteiger partial charge in [0.1, 0.15) is 0 Å². The molecule has 0 radical (unpaired) electrons. The molecule has 0 aliphatic heterocycles. The van der Waals surface area contributed by atoms with E-state index >= 15 is 0 Å². The lowest BCUT2D eigenvalue weighted by atomic mass is 9.88. The number of hydrogen-bond acceptors (Lipinski definition) is 3. The highest BCUT2D eigenvalue weighted by Crippen LogP contribution is 2.29. The van der Waals surface area contributed by atoms with Gasteiger partial charge in [-0.2, -0.15) is 0 Å². The van der Waals surface area contributed by atoms with Crippen LogP contribution in [-0.4, -0.2) is 18.7 Å². The van der Waals surface area contributed by atoms with Crippen molar-refractivity contribution in [1.29, 1.82) is 0 Å². The van der Waals surface area contributed by atoms with Gasteiger partial charge in [0, 0.05) is 10.6 Å². The second-order valence-electron chi connectivity index (χ2n) is 5.74. The second-order valence-corrected chi connectivity index (χ2v) is 6.15. The van der Waals surface area contributed by atoms with E-state index in [9.17, 15) is 4.79 Å². The number of benzene rings is 2. The molecule has 24 heavy (non-hydrogen) atoms. The van der Waals surface area contributed by atoms with Crippen molar-refractivity contribution in [1.82, 2.24) is 5.32 Å². The van der Waals surface area contributed by atoms with Gasteiger partial charge in [0.2, 0.25) is 0 Å². The van der Waals surface area contributed by atoms with Gasteiger partial charge in [-0.15, -0.1) is 0 Å². The molecule has 2 aromatic carbocycles. The molecule has 0 fully saturated rings. The van der Waals surface area contributed by atoms with Gasteiger partial charge in [-0.25, -0.2) is 0 Å². The van der Waals surface area contributed by atoms with E-state index in [2.05, 4.69) is 22.6 Å². The maximum atomic E-state index is 12.1. The fourth-order valence-corrected chi connectivity index (χ4v) is 3.09. The fraction of sp³-hybridized carbons (Fsp3) is 0.263. The summed E-state index contributed by atoms with van der Waals surface area (Å²) in [5, 5.41) is 7.42. The van der Waals surface area contributed by atoms with Crippen LogP contribution in [0.15, 0.2) is 53.7 Å². The van der Waals surface area contributed by atoms with E-state index in [1.165, 1.54) is 17.3 Å². The number of nitrogens with zero attached hydrogens (tertiary/aromatic N) is 1. The van der Waals surface area contributed by atoms with Gasteiger partial charge in [0.15, 0.2) is 6.61 Å². The summed E-state index contributed by atoms with van der Waals surface area (Å²) in [6.07, 6.45) is 4.60. The molecule has 1 atom stereocenters. The molecule has 1 aliphatic carbocycles. The summed E-state index contributed by atoms with van der Waals surface area (Å²) in [5.74, 6) is -0.173. The molecule has 0 aromatic heterocycles. The molecule has 124 valence electrons. The third-order valence-electron chi connectivity index (χ3n) is 4.07. The Balaban J connectivity index is 1.51. The molecule has 1 N–H and O–H groups in total. The molecule has 1 amide bonds. The molecule has 0 heterocycles. The van der Waals surface area contributed by atoms with E-state index in [1.807, 2.05) is 30.3 Å². The van der Waals surface area contributed by atoms with Crippen molar-refractivity contribution in [3.05, 3.63) is 70.2 Å². The summed E-state index contributed by atoms with van der Waals surface area (Å²) in [6.45, 7) is -0.111. The van der Waals surface area contributed by atoms with E-state index in [4.69, 9.17) is 16.4 Å². The van der Waals surface area contributed by atoms with Crippen LogP contribution >= 0.6 is 11.6 Å². The number of hydrogen-bond donors (Lipinski definition) is 1. The average molecular weight is 343 g/mol. The molecule has 3 rings (SSSR count). The normalized spacial score (nSPS) is 16.6. The van der Waals surface area contributed by atoms with E-state index in [-0.39, 0.29) is 18.6 Å². The standard InChI is InChI=1S/C19H19ClN2O2/c20-17-10-4-2-7-15(17)12-21-24-13-19(23)22-18-11-5-8-14-6-1-3-9-16(14)18/h1-4,6-7,9-10,12,18H,5,8,11,13H2,(H,22,23)/b21-12-/t18-/m1/s1. The molecule has 5 heteroatoms. The molecule has 0 bridgehead atoms. The highest BCUT2D eigenvalue weighted by Gasteiger charge is 2.21. The molecule has 0 saturated carbocycles. The molecule has 1 aliphatic rings. The van der Waals surface area contributed by atoms with Crippen molar-refractivity contribution < 1.29 is 9.63 Å². The van der Waals surface area contributed by atoms with Crippen LogP contribution in [0.5, 0.6) is 0 Å². The first kappa shape index (κ1) is 16.5. The number of amides is 1. The lowest BCUT2D eigenvalue weighted by Crippen LogP contribution is -2.33. The van der Waals surface area contributed by atoms with Crippen molar-refractivity contribution in [2.24, 2.45) is 5.16 Å². The minimum atomic E-state index is -0.173. The Kier molecular flexibility index (Phi) is 5.49. The van der Waals surface area contributed by atoms with Crippen molar-refractivity contribution >= 4 is 23.7 Å². The summed E-state index contributed by atoms with van der Waals surface area (Å²) < 4.78 is 0. The van der Waals surface area contributed by atoms with E-state index in [0.717, 1.165) is 24.8 Å². The molecule has 0 saturated heterocycles. The minimum absolute atomic E-state index is 0.0543. The predicted molar refractivity (Wildman–Crippen MR) is 95.3 cm³/mol. The maximum Gasteiger partial charge on any atom is 0.261 e. The van der Waals surface area contributed by atoms with Gasteiger partial charge in [-0.1, -0.05) is 59.2 Å². The van der Waals surface area contributed by atoms with E-state index in [0.29, 0.717) is 5.02 Å². The number of fused-ring (bicyclic) bond motifs is 1. The Morgan fingerprint density at radius 1 is 1.25 bits per heavy atom. The first-order chi connectivity index (χ1) is 11.7. The summed E-state index contributed by atoms with van der Waals surface area (Å²) in [4.78, 5) is 17.1. The first-order valence-corrected chi connectivity index (χ1v) is 8.39. The zero-order valence-electron chi connectivity index (χ0n) is 13.2. The van der Waals surface area contributed by atoms with Crippen molar-refractivity contribution in [3.8, 4) is 0 Å². The zero-order chi connectivity index (χ0) is 16.8. The lowest BCUT2D eigenvalue weighted by molar-refractivity contribution is -0.126. The van der Waals surface area contributed by atoms with E-state index in [1.54, 1.807) is 6.07 Å². The highest BCUT2D eigenvalue weighted by molar-refractivity contribution is 6.33. The number of aryl methyl sites for hydroxylation is 1. The number of rotatable bonds is 5. The van der Waals surface area contributed by atoms with E-state index < -0.39 is 0 Å². The molecule has 0 unspecified atom stereocenters. The molecular formula is C19H19ClN2O2. The summed E-state index contributed by atoms with van der Waals surface area (Å²) in [6, 6.07) is 15.6. The summed E-state index contributed by atoms with van der Waals surface area (Å²) in [7, 11) is 0. The van der Waals surface area contributed by atoms with Crippen molar-refractivity contribution in [3.63, 3.8) is 0 Å². The highest BCUT2D eigenvalue weighted by atomic mass is 35.5. The Morgan fingerprint density at radius 2 is 2.04 bits per heavy atom. The SMILES string of the molecule is O=C(CO/N=C\c1ccccc1Cl)N[C@@H]1CCCc2ccccc21. The Morgan fingerprint density at radius 3 is 2.92 bits per heavy atom. The topological polar surface area (TPSA) is 50.7 Å². The van der Waals surface area contributed by atoms with Gasteiger partial charge in [-0.3, -0.25) is 4.79 Å². The summed E-state index contributed by atoms with van der Waals surface area (Å²) >= 11 is 6.02. The predicted octanol–water partition coefficient (Wildman–Crippen LogP) is 3.88. The van der Waals surface area contributed by atoms with Crippen LogP contribution in [0.1, 0.15) is 35.6 Å². The second kappa shape index (κ2) is 7.97. The van der Waals surface area contributed by atoms with Gasteiger partial charge in [-0.05, 0) is 36.5 Å². The Bertz CT molecular complexity index is 746. The number of halogens is 1. The number of oxime groups is 1. The Hall–Kier alpha value is -2.33. The molecule has 0 spiro atoms. The first-order valence-electron chi connectivity index (χ1n) is 8.01. The largest absolute Gasteiger partial charge is 0.386 e. The number of nitrogens with one attached hydrogen (secondary N) is 1. The van der Waals surface area contributed by atoms with Gasteiger partial charge < -0.3 is 10.2 Å². The van der Waals surface area contributed by atoms with Crippen LogP contribution in [0, 0.1) is 0 Å². The minimum Gasteiger partial charge on any atom is -0.386 e. The quantitative estimate of drug-likeness (QED) is 0.662. The van der Waals surface area contributed by atoms with Crippen molar-refractivity contribution in [2.75, 3.05) is 6.61 Å². The maximum absolute atomic E-state index is 12.1. The summed E-state index contributed by atoms with van der Waals surface area (Å²) in [5.41, 5.74) is 3.27. The zero-order valence-corrected chi connectivity index (χ0v) is 14.0. The van der Waals surface area contributed by atoms with Gasteiger partial charge >= 0.3 is 0 Å². The van der Waals surface area contributed by atoms with Gasteiger partial charge in [0.05, 0.1) is 12.3 Å².